The third-order valence-corrected chi connectivity index (χ3v) is 6.08. The molecule has 2 N–H and O–H groups in total. The topological polar surface area (TPSA) is 104 Å². The molecule has 0 unspecified atom stereocenters. The normalized spacial score (nSPS) is 12.8. The first-order valence-corrected chi connectivity index (χ1v) is 11.0. The van der Waals surface area contributed by atoms with Gasteiger partial charge in [-0.1, -0.05) is 6.07 Å². The van der Waals surface area contributed by atoms with E-state index < -0.39 is 17.7 Å². The van der Waals surface area contributed by atoms with Crippen LogP contribution in [0.5, 0.6) is 0 Å². The van der Waals surface area contributed by atoms with E-state index in [0.717, 1.165) is 35.2 Å². The maximum atomic E-state index is 13.9. The lowest BCUT2D eigenvalue weighted by molar-refractivity contribution is 0.0595. The number of aromatic nitrogens is 2. The van der Waals surface area contributed by atoms with E-state index >= 15 is 0 Å². The second kappa shape index (κ2) is 9.02. The van der Waals surface area contributed by atoms with E-state index in [0.29, 0.717) is 30.6 Å². The van der Waals surface area contributed by atoms with Crippen molar-refractivity contribution in [3.8, 4) is 0 Å². The SMILES string of the molecule is COC(=O)c1cc(NC(=O)c2ccc3c(c2)CN(C(=O)c2ccc4[nH]ncc4c2)CC3)ccc1F. The van der Waals surface area contributed by atoms with Crippen LogP contribution >= 0.6 is 0 Å². The first kappa shape index (κ1) is 22.3. The lowest BCUT2D eigenvalue weighted by Crippen LogP contribution is -2.36. The van der Waals surface area contributed by atoms with Crippen LogP contribution in [0, 0.1) is 5.82 Å². The number of fused-ring (bicyclic) bond motifs is 2. The Kier molecular flexibility index (Phi) is 5.74. The van der Waals surface area contributed by atoms with Crippen LogP contribution < -0.4 is 5.32 Å². The minimum atomic E-state index is -0.830. The van der Waals surface area contributed by atoms with Gasteiger partial charge in [0.1, 0.15) is 5.82 Å². The van der Waals surface area contributed by atoms with Gasteiger partial charge in [0.15, 0.2) is 0 Å². The molecule has 0 saturated carbocycles. The first-order valence-electron chi connectivity index (χ1n) is 11.0. The molecule has 2 amide bonds. The second-order valence-electron chi connectivity index (χ2n) is 8.27. The van der Waals surface area contributed by atoms with Gasteiger partial charge in [-0.05, 0) is 66.1 Å². The average Bonchev–Trinajstić information content (AvgIpc) is 3.36. The van der Waals surface area contributed by atoms with Crippen LogP contribution in [0.25, 0.3) is 10.9 Å². The number of halogens is 1. The highest BCUT2D eigenvalue weighted by Gasteiger charge is 2.23. The summed E-state index contributed by atoms with van der Waals surface area (Å²) in [5, 5.41) is 10.4. The maximum absolute atomic E-state index is 13.9. The van der Waals surface area contributed by atoms with Gasteiger partial charge in [-0.25, -0.2) is 9.18 Å². The number of ether oxygens (including phenoxy) is 1. The molecule has 0 atom stereocenters. The van der Waals surface area contributed by atoms with Gasteiger partial charge in [0.05, 0.1) is 24.4 Å². The number of carbonyl (C=O) groups excluding carboxylic acids is 3. The van der Waals surface area contributed by atoms with Gasteiger partial charge >= 0.3 is 5.97 Å². The molecule has 35 heavy (non-hydrogen) atoms. The predicted octanol–water partition coefficient (Wildman–Crippen LogP) is 3.94. The van der Waals surface area contributed by atoms with Crippen molar-refractivity contribution in [2.75, 3.05) is 19.0 Å². The van der Waals surface area contributed by atoms with Crippen molar-refractivity contribution in [2.45, 2.75) is 13.0 Å². The molecule has 176 valence electrons. The zero-order valence-corrected chi connectivity index (χ0v) is 18.8. The molecule has 0 saturated heterocycles. The summed E-state index contributed by atoms with van der Waals surface area (Å²) in [6.07, 6.45) is 2.36. The number of methoxy groups -OCH3 is 1. The third kappa shape index (κ3) is 4.35. The number of amides is 2. The summed E-state index contributed by atoms with van der Waals surface area (Å²) < 4.78 is 18.5. The van der Waals surface area contributed by atoms with E-state index in [1.54, 1.807) is 29.3 Å². The number of benzene rings is 3. The van der Waals surface area contributed by atoms with E-state index in [-0.39, 0.29) is 17.2 Å². The van der Waals surface area contributed by atoms with Crippen LogP contribution in [0.3, 0.4) is 0 Å². The fourth-order valence-corrected chi connectivity index (χ4v) is 4.20. The first-order chi connectivity index (χ1) is 16.9. The van der Waals surface area contributed by atoms with Crippen LogP contribution in [0.15, 0.2) is 60.8 Å². The molecule has 1 aliphatic heterocycles. The largest absolute Gasteiger partial charge is 0.465 e. The van der Waals surface area contributed by atoms with E-state index in [4.69, 9.17) is 0 Å². The number of H-pyrrole nitrogens is 1. The van der Waals surface area contributed by atoms with Crippen LogP contribution in [0.4, 0.5) is 10.1 Å². The summed E-state index contributed by atoms with van der Waals surface area (Å²) >= 11 is 0. The maximum Gasteiger partial charge on any atom is 0.340 e. The van der Waals surface area contributed by atoms with E-state index in [1.807, 2.05) is 18.2 Å². The molecule has 1 aromatic heterocycles. The Balaban J connectivity index is 1.33. The predicted molar refractivity (Wildman–Crippen MR) is 127 cm³/mol. The summed E-state index contributed by atoms with van der Waals surface area (Å²) in [7, 11) is 1.16. The van der Waals surface area contributed by atoms with Gasteiger partial charge in [-0.3, -0.25) is 14.7 Å². The molecular weight excluding hydrogens is 451 g/mol. The monoisotopic (exact) mass is 472 g/mol. The van der Waals surface area contributed by atoms with Crippen molar-refractivity contribution in [1.82, 2.24) is 15.1 Å². The van der Waals surface area contributed by atoms with Crippen LogP contribution in [0.1, 0.15) is 42.2 Å². The molecule has 0 radical (unpaired) electrons. The Labute approximate surface area is 199 Å². The van der Waals surface area contributed by atoms with Gasteiger partial charge in [0, 0.05) is 35.3 Å². The van der Waals surface area contributed by atoms with E-state index in [1.165, 1.54) is 12.1 Å². The number of esters is 1. The van der Waals surface area contributed by atoms with E-state index in [9.17, 15) is 18.8 Å². The number of anilines is 1. The second-order valence-corrected chi connectivity index (χ2v) is 8.27. The Morgan fingerprint density at radius 2 is 1.86 bits per heavy atom. The average molecular weight is 472 g/mol. The zero-order chi connectivity index (χ0) is 24.5. The van der Waals surface area contributed by atoms with Crippen molar-refractivity contribution >= 4 is 34.4 Å². The van der Waals surface area contributed by atoms with Crippen molar-refractivity contribution in [2.24, 2.45) is 0 Å². The summed E-state index contributed by atoms with van der Waals surface area (Å²) in [6.45, 7) is 0.953. The Hall–Kier alpha value is -4.53. The molecule has 0 spiro atoms. The van der Waals surface area contributed by atoms with Crippen LogP contribution in [-0.2, 0) is 17.7 Å². The lowest BCUT2D eigenvalue weighted by atomic mass is 9.96. The molecule has 9 heteroatoms. The third-order valence-electron chi connectivity index (χ3n) is 6.08. The minimum Gasteiger partial charge on any atom is -0.465 e. The number of hydrogen-bond acceptors (Lipinski definition) is 5. The molecule has 2 heterocycles. The summed E-state index contributed by atoms with van der Waals surface area (Å²) in [5.74, 6) is -2.07. The number of nitrogens with one attached hydrogen (secondary N) is 2. The van der Waals surface area contributed by atoms with Crippen molar-refractivity contribution in [3.05, 3.63) is 94.4 Å². The van der Waals surface area contributed by atoms with Gasteiger partial charge in [-0.2, -0.15) is 5.10 Å². The zero-order valence-electron chi connectivity index (χ0n) is 18.8. The fourth-order valence-electron chi connectivity index (χ4n) is 4.20. The molecule has 0 fully saturated rings. The van der Waals surface area contributed by atoms with Gasteiger partial charge in [0.25, 0.3) is 11.8 Å². The number of carbonyl (C=O) groups is 3. The molecule has 4 aromatic rings. The molecular formula is C26H21FN4O4. The van der Waals surface area contributed by atoms with Crippen LogP contribution in [0.2, 0.25) is 0 Å². The molecule has 5 rings (SSSR count). The fraction of sp³-hybridized carbons (Fsp3) is 0.154. The standard InChI is InChI=1S/C26H21FN4O4/c1-35-26(34)21-12-20(5-6-22(21)27)29-24(32)16-3-2-15-8-9-31(14-19(15)10-16)25(33)17-4-7-23-18(11-17)13-28-30-23/h2-7,10-13H,8-9,14H2,1H3,(H,28,30)(H,29,32). The van der Waals surface area contributed by atoms with Crippen LogP contribution in [-0.4, -0.2) is 46.5 Å². The quantitative estimate of drug-likeness (QED) is 0.438. The highest BCUT2D eigenvalue weighted by Crippen LogP contribution is 2.24. The smallest absolute Gasteiger partial charge is 0.340 e. The summed E-state index contributed by atoms with van der Waals surface area (Å²) in [6, 6.07) is 14.5. The molecule has 3 aromatic carbocycles. The highest BCUT2D eigenvalue weighted by molar-refractivity contribution is 6.05. The van der Waals surface area contributed by atoms with E-state index in [2.05, 4.69) is 20.3 Å². The number of nitrogens with zero attached hydrogens (tertiary/aromatic N) is 2. The highest BCUT2D eigenvalue weighted by atomic mass is 19.1. The number of hydrogen-bond donors (Lipinski definition) is 2. The van der Waals surface area contributed by atoms with Gasteiger partial charge in [0.2, 0.25) is 0 Å². The molecule has 0 bridgehead atoms. The molecule has 8 nitrogen and oxygen atoms in total. The number of rotatable bonds is 4. The summed E-state index contributed by atoms with van der Waals surface area (Å²) in [5.41, 5.74) is 3.79. The number of aromatic amines is 1. The van der Waals surface area contributed by atoms with Crippen molar-refractivity contribution in [3.63, 3.8) is 0 Å². The van der Waals surface area contributed by atoms with Crippen molar-refractivity contribution < 1.29 is 23.5 Å². The molecule has 0 aliphatic carbocycles. The Morgan fingerprint density at radius 3 is 2.69 bits per heavy atom. The van der Waals surface area contributed by atoms with Gasteiger partial charge in [-0.15, -0.1) is 0 Å². The molecule has 1 aliphatic rings. The van der Waals surface area contributed by atoms with Gasteiger partial charge < -0.3 is 15.0 Å². The summed E-state index contributed by atoms with van der Waals surface area (Å²) in [4.78, 5) is 39.5. The Morgan fingerprint density at radius 1 is 1.03 bits per heavy atom. The van der Waals surface area contributed by atoms with Crippen molar-refractivity contribution in [1.29, 1.82) is 0 Å². The lowest BCUT2D eigenvalue weighted by Gasteiger charge is -2.29. The Bertz CT molecular complexity index is 1480. The minimum absolute atomic E-state index is 0.0877.